The van der Waals surface area contributed by atoms with Crippen LogP contribution in [0.5, 0.6) is 0 Å². The van der Waals surface area contributed by atoms with Gasteiger partial charge in [0.2, 0.25) is 11.2 Å². The minimum absolute atomic E-state index is 0.280. The summed E-state index contributed by atoms with van der Waals surface area (Å²) in [4.78, 5) is 19.1. The molecule has 0 spiro atoms. The van der Waals surface area contributed by atoms with Crippen molar-refractivity contribution < 1.29 is 0 Å². The number of nitrogens with zero attached hydrogens (tertiary/aromatic N) is 7. The zero-order valence-corrected chi connectivity index (χ0v) is 51.1. The maximum Gasteiger partial charge on any atom is 0.235 e. The molecule has 12 aromatic carbocycles. The van der Waals surface area contributed by atoms with E-state index >= 15 is 0 Å². The third-order valence-corrected chi connectivity index (χ3v) is 20.5. The van der Waals surface area contributed by atoms with Crippen LogP contribution in [0.3, 0.4) is 0 Å². The van der Waals surface area contributed by atoms with Crippen LogP contribution in [-0.2, 0) is 6.42 Å². The number of halogens is 1. The summed E-state index contributed by atoms with van der Waals surface area (Å²) in [6.07, 6.45) is 1.04. The van der Waals surface area contributed by atoms with Gasteiger partial charge in [-0.05, 0) is 88.5 Å². The third-order valence-electron chi connectivity index (χ3n) is 17.8. The summed E-state index contributed by atoms with van der Waals surface area (Å²) in [5, 5.41) is 9.96. The van der Waals surface area contributed by atoms with Gasteiger partial charge in [-0.1, -0.05) is 237 Å². The second-order valence-corrected chi connectivity index (χ2v) is 25.3. The van der Waals surface area contributed by atoms with E-state index in [0.29, 0.717) is 5.95 Å². The van der Waals surface area contributed by atoms with Crippen LogP contribution in [0.25, 0.3) is 157 Å². The first-order valence-corrected chi connectivity index (χ1v) is 32.5. The number of aromatic nitrogens is 7. The standard InChI is InChI=1S/C40H24N4S.C27H17NS.C14H9ClN2/c1-3-13-25(14-4-1)35-29-18-7-10-20-32(29)41-40(42-35)44-33-21-11-8-17-27(33)28-23-24-31-37-38(45-39(31)36(28)44)30-19-9-12-22-34(30)43(37)26-15-5-2-6-16-26;1-2-9-18(10-3-1)28-24-13-7-6-12-21(24)27-25(28)22-15-14-20-19-11-5-4-8-17(19)16-23(20)26(22)29-27;15-14-16-12-9-5-4-8-11(12)13(17-14)10-6-2-1-3-7-10/h1-24H;1-15H,16H2;1-9H. The molecule has 428 valence electrons. The Morgan fingerprint density at radius 1 is 0.297 bits per heavy atom. The fraction of sp³-hybridized carbons (Fsp3) is 0.0123. The summed E-state index contributed by atoms with van der Waals surface area (Å²) in [6, 6.07) is 102. The molecule has 0 fully saturated rings. The van der Waals surface area contributed by atoms with Crippen LogP contribution in [-0.4, -0.2) is 33.6 Å². The van der Waals surface area contributed by atoms with Crippen molar-refractivity contribution >= 4 is 140 Å². The maximum atomic E-state index is 5.95. The van der Waals surface area contributed by atoms with Crippen molar-refractivity contribution in [3.63, 3.8) is 0 Å². The summed E-state index contributed by atoms with van der Waals surface area (Å²) in [5.74, 6) is 0.681. The van der Waals surface area contributed by atoms with Crippen LogP contribution in [0.15, 0.2) is 291 Å². The SMILES string of the molecule is Clc1nc(-c2ccccc2)c2ccccc2n1.c1ccc(-c2nc(-n3c4ccccc4c4ccc5c(sc6c7ccccc7n(-c7ccccc7)c56)c43)nc3ccccc23)cc1.c1ccc(-n2c3ccccc3c3sc4c5c(ccc4c32)-c2ccccc2C5)cc1. The van der Waals surface area contributed by atoms with Crippen molar-refractivity contribution in [2.75, 3.05) is 0 Å². The summed E-state index contributed by atoms with van der Waals surface area (Å²) < 4.78 is 12.5. The molecule has 7 aromatic heterocycles. The van der Waals surface area contributed by atoms with Gasteiger partial charge in [0, 0.05) is 76.7 Å². The fourth-order valence-electron chi connectivity index (χ4n) is 13.9. The first kappa shape index (κ1) is 53.0. The predicted molar refractivity (Wildman–Crippen MR) is 383 cm³/mol. The first-order valence-electron chi connectivity index (χ1n) is 30.4. The van der Waals surface area contributed by atoms with Gasteiger partial charge >= 0.3 is 0 Å². The van der Waals surface area contributed by atoms with E-state index < -0.39 is 0 Å². The van der Waals surface area contributed by atoms with E-state index in [-0.39, 0.29) is 5.28 Å². The molecule has 10 heteroatoms. The molecule has 0 amide bonds. The Bertz CT molecular complexity index is 6070. The molecule has 0 bridgehead atoms. The van der Waals surface area contributed by atoms with E-state index in [1.54, 1.807) is 0 Å². The van der Waals surface area contributed by atoms with Crippen molar-refractivity contribution in [2.45, 2.75) is 6.42 Å². The van der Waals surface area contributed by atoms with Crippen LogP contribution >= 0.6 is 34.3 Å². The molecule has 7 heterocycles. The molecule has 0 unspecified atom stereocenters. The molecule has 0 saturated carbocycles. The molecule has 0 N–H and O–H groups in total. The molecule has 20 rings (SSSR count). The van der Waals surface area contributed by atoms with Gasteiger partial charge in [0.1, 0.15) is 0 Å². The monoisotopic (exact) mass is 1220 g/mol. The fourth-order valence-corrected chi connectivity index (χ4v) is 16.8. The highest BCUT2D eigenvalue weighted by Crippen LogP contribution is 2.50. The average Bonchev–Trinajstić information content (AvgIpc) is 1.62. The van der Waals surface area contributed by atoms with Crippen LogP contribution < -0.4 is 0 Å². The maximum absolute atomic E-state index is 5.95. The molecular formula is C81H50ClN7S2. The Morgan fingerprint density at radius 3 is 1.32 bits per heavy atom. The minimum atomic E-state index is 0.280. The molecule has 0 radical (unpaired) electrons. The van der Waals surface area contributed by atoms with E-state index in [4.69, 9.17) is 21.6 Å². The van der Waals surface area contributed by atoms with E-state index in [1.807, 2.05) is 83.3 Å². The lowest BCUT2D eigenvalue weighted by atomic mass is 10.0. The zero-order valence-electron chi connectivity index (χ0n) is 48.7. The minimum Gasteiger partial charge on any atom is -0.308 e. The van der Waals surface area contributed by atoms with Crippen LogP contribution in [0.2, 0.25) is 5.28 Å². The summed E-state index contributed by atoms with van der Waals surface area (Å²) in [5.41, 5.74) is 21.2. The molecule has 91 heavy (non-hydrogen) atoms. The van der Waals surface area contributed by atoms with Crippen molar-refractivity contribution in [1.29, 1.82) is 0 Å². The van der Waals surface area contributed by atoms with Crippen molar-refractivity contribution in [3.05, 3.63) is 308 Å². The molecule has 0 atom stereocenters. The van der Waals surface area contributed by atoms with E-state index in [2.05, 4.69) is 254 Å². The molecule has 0 aliphatic heterocycles. The smallest absolute Gasteiger partial charge is 0.235 e. The lowest BCUT2D eigenvalue weighted by Gasteiger charge is -2.12. The van der Waals surface area contributed by atoms with Crippen molar-refractivity contribution in [1.82, 2.24) is 33.6 Å². The van der Waals surface area contributed by atoms with Gasteiger partial charge in [-0.15, -0.1) is 22.7 Å². The first-order chi connectivity index (χ1) is 45.1. The highest BCUT2D eigenvalue weighted by molar-refractivity contribution is 7.27. The van der Waals surface area contributed by atoms with Gasteiger partial charge in [0.15, 0.2) is 0 Å². The van der Waals surface area contributed by atoms with Gasteiger partial charge in [0.05, 0.1) is 69.6 Å². The Morgan fingerprint density at radius 2 is 0.714 bits per heavy atom. The number of hydrogen-bond donors (Lipinski definition) is 0. The van der Waals surface area contributed by atoms with Gasteiger partial charge < -0.3 is 9.13 Å². The van der Waals surface area contributed by atoms with E-state index in [9.17, 15) is 0 Å². The summed E-state index contributed by atoms with van der Waals surface area (Å²) >= 11 is 9.78. The van der Waals surface area contributed by atoms with Gasteiger partial charge in [-0.3, -0.25) is 4.57 Å². The lowest BCUT2D eigenvalue weighted by molar-refractivity contribution is 1.02. The summed E-state index contributed by atoms with van der Waals surface area (Å²) in [7, 11) is 0. The number of para-hydroxylation sites is 7. The molecular weight excluding hydrogens is 1170 g/mol. The van der Waals surface area contributed by atoms with Gasteiger partial charge in [0.25, 0.3) is 0 Å². The number of thiophene rings is 2. The van der Waals surface area contributed by atoms with Gasteiger partial charge in [-0.2, -0.15) is 0 Å². The molecule has 7 nitrogen and oxygen atoms in total. The second-order valence-electron chi connectivity index (χ2n) is 22.9. The Labute approximate surface area is 535 Å². The lowest BCUT2D eigenvalue weighted by Crippen LogP contribution is -2.03. The molecule has 1 aliphatic carbocycles. The Balaban J connectivity index is 0.000000113. The zero-order chi connectivity index (χ0) is 60.1. The van der Waals surface area contributed by atoms with E-state index in [1.165, 1.54) is 101 Å². The second kappa shape index (κ2) is 21.6. The average molecular weight is 1220 g/mol. The number of benzene rings is 12. The van der Waals surface area contributed by atoms with Crippen LogP contribution in [0.1, 0.15) is 11.1 Å². The highest BCUT2D eigenvalue weighted by atomic mass is 35.5. The van der Waals surface area contributed by atoms with E-state index in [0.717, 1.165) is 67.5 Å². The quantitative estimate of drug-likeness (QED) is 0.161. The predicted octanol–water partition coefficient (Wildman–Crippen LogP) is 22.2. The van der Waals surface area contributed by atoms with Crippen LogP contribution in [0.4, 0.5) is 0 Å². The summed E-state index contributed by atoms with van der Waals surface area (Å²) in [6.45, 7) is 0. The third kappa shape index (κ3) is 8.61. The molecule has 1 aliphatic rings. The van der Waals surface area contributed by atoms with Crippen molar-refractivity contribution in [2.24, 2.45) is 0 Å². The number of hydrogen-bond acceptors (Lipinski definition) is 6. The largest absolute Gasteiger partial charge is 0.308 e. The Kier molecular flexibility index (Phi) is 12.6. The normalized spacial score (nSPS) is 12.0. The number of rotatable bonds is 5. The van der Waals surface area contributed by atoms with Crippen LogP contribution in [0, 0.1) is 0 Å². The topological polar surface area (TPSA) is 66.3 Å². The highest BCUT2D eigenvalue weighted by Gasteiger charge is 2.27. The molecule has 19 aromatic rings. The van der Waals surface area contributed by atoms with Gasteiger partial charge in [-0.25, -0.2) is 19.9 Å². The van der Waals surface area contributed by atoms with Crippen molar-refractivity contribution in [3.8, 4) is 51.0 Å². The number of fused-ring (bicyclic) bond motifs is 20. The Hall–Kier alpha value is -11.1. The molecule has 0 saturated heterocycles.